The SMILES string of the molecule is CC(C)c1ncc(N2CCN(C)CC2)cc1-c1c2c3cc(ccc3n1CC(F)(F)F)-c1cccc(c1)C[C@H](N)C(=O)N1CCC[C@H](N1)C(=O)OCC(C)(C)C2. The van der Waals surface area contributed by atoms with E-state index in [1.54, 1.807) is 6.07 Å². The Morgan fingerprint density at radius 3 is 2.49 bits per heavy atom. The number of esters is 1. The fourth-order valence-electron chi connectivity index (χ4n) is 8.22. The maximum Gasteiger partial charge on any atom is 0.406 e. The number of fused-ring (bicyclic) bond motifs is 6. The van der Waals surface area contributed by atoms with E-state index in [1.165, 1.54) is 9.58 Å². The number of nitrogens with one attached hydrogen (secondary N) is 1. The number of carbonyl (C=O) groups excluding carboxylic acids is 2. The number of nitrogens with zero attached hydrogens (tertiary/aromatic N) is 5. The molecule has 2 aromatic heterocycles. The third-order valence-electron chi connectivity index (χ3n) is 11.1. The van der Waals surface area contributed by atoms with E-state index in [-0.39, 0.29) is 24.9 Å². The van der Waals surface area contributed by atoms with Crippen molar-refractivity contribution in [2.45, 2.75) is 84.1 Å². The average Bonchev–Trinajstić information content (AvgIpc) is 3.42. The van der Waals surface area contributed by atoms with Gasteiger partial charge in [-0.1, -0.05) is 58.0 Å². The first-order valence-electron chi connectivity index (χ1n) is 19.3. The third-order valence-corrected chi connectivity index (χ3v) is 11.1. The van der Waals surface area contributed by atoms with Crippen molar-refractivity contribution in [2.24, 2.45) is 11.1 Å². The number of hydrogen-bond acceptors (Lipinski definition) is 8. The molecule has 294 valence electrons. The molecule has 1 amide bonds. The Bertz CT molecular complexity index is 2070. The third kappa shape index (κ3) is 8.39. The molecule has 0 aliphatic carbocycles. The minimum absolute atomic E-state index is 0.0151. The molecule has 0 radical (unpaired) electrons. The Kier molecular flexibility index (Phi) is 10.7. The molecule has 2 aromatic carbocycles. The van der Waals surface area contributed by atoms with Crippen LogP contribution in [0.3, 0.4) is 0 Å². The summed E-state index contributed by atoms with van der Waals surface area (Å²) in [6.07, 6.45) is -0.987. The van der Waals surface area contributed by atoms with Gasteiger partial charge in [0.1, 0.15) is 12.6 Å². The number of halogens is 3. The lowest BCUT2D eigenvalue weighted by Gasteiger charge is -2.35. The number of pyridine rings is 1. The highest BCUT2D eigenvalue weighted by Crippen LogP contribution is 2.44. The van der Waals surface area contributed by atoms with E-state index in [0.717, 1.165) is 59.8 Å². The number of ether oxygens (including phenoxy) is 1. The summed E-state index contributed by atoms with van der Waals surface area (Å²) in [6, 6.07) is 13.8. The van der Waals surface area contributed by atoms with Gasteiger partial charge in [-0.15, -0.1) is 0 Å². The summed E-state index contributed by atoms with van der Waals surface area (Å²) in [5.41, 5.74) is 15.3. The molecule has 13 heteroatoms. The van der Waals surface area contributed by atoms with E-state index in [2.05, 4.69) is 22.3 Å². The maximum absolute atomic E-state index is 14.7. The van der Waals surface area contributed by atoms with Gasteiger partial charge in [-0.25, -0.2) is 5.43 Å². The number of anilines is 1. The summed E-state index contributed by atoms with van der Waals surface area (Å²) in [4.78, 5) is 36.4. The Morgan fingerprint density at radius 1 is 1.02 bits per heavy atom. The van der Waals surface area contributed by atoms with Gasteiger partial charge in [-0.3, -0.25) is 19.6 Å². The molecule has 0 spiro atoms. The van der Waals surface area contributed by atoms with E-state index in [1.807, 2.05) is 76.4 Å². The van der Waals surface area contributed by atoms with Gasteiger partial charge in [-0.2, -0.15) is 13.2 Å². The number of amides is 1. The van der Waals surface area contributed by atoms with Gasteiger partial charge in [0.15, 0.2) is 0 Å². The van der Waals surface area contributed by atoms with Crippen LogP contribution < -0.4 is 16.1 Å². The zero-order chi connectivity index (χ0) is 39.2. The molecule has 2 atom stereocenters. The van der Waals surface area contributed by atoms with Crippen LogP contribution in [0.5, 0.6) is 0 Å². The smallest absolute Gasteiger partial charge is 0.406 e. The van der Waals surface area contributed by atoms with Crippen molar-refractivity contribution in [1.29, 1.82) is 0 Å². The summed E-state index contributed by atoms with van der Waals surface area (Å²) in [5, 5.41) is 2.13. The van der Waals surface area contributed by atoms with Crippen LogP contribution in [0.15, 0.2) is 54.7 Å². The molecule has 10 nitrogen and oxygen atoms in total. The number of likely N-dealkylation sites (N-methyl/N-ethyl adjacent to an activating group) is 1. The molecular formula is C42H52F3N7O3. The zero-order valence-electron chi connectivity index (χ0n) is 32.4. The van der Waals surface area contributed by atoms with Crippen molar-refractivity contribution in [3.05, 3.63) is 71.5 Å². The van der Waals surface area contributed by atoms with Crippen molar-refractivity contribution in [1.82, 2.24) is 24.9 Å². The zero-order valence-corrected chi connectivity index (χ0v) is 32.4. The van der Waals surface area contributed by atoms with Crippen LogP contribution in [0, 0.1) is 5.41 Å². The van der Waals surface area contributed by atoms with Crippen molar-refractivity contribution in [3.8, 4) is 22.4 Å². The number of hydrogen-bond donors (Lipinski definition) is 2. The lowest BCUT2D eigenvalue weighted by molar-refractivity contribution is -0.155. The van der Waals surface area contributed by atoms with E-state index in [0.29, 0.717) is 48.0 Å². The van der Waals surface area contributed by atoms with Gasteiger partial charge in [0.05, 0.1) is 35.9 Å². The molecule has 3 N–H and O–H groups in total. The van der Waals surface area contributed by atoms with Gasteiger partial charge in [-0.05, 0) is 79.1 Å². The number of benzene rings is 2. The number of aromatic nitrogens is 2. The first kappa shape index (κ1) is 38.8. The molecule has 0 saturated carbocycles. The minimum atomic E-state index is -4.51. The number of cyclic esters (lactones) is 1. The first-order valence-corrected chi connectivity index (χ1v) is 19.3. The van der Waals surface area contributed by atoms with Gasteiger partial charge in [0.2, 0.25) is 0 Å². The Hall–Kier alpha value is -4.46. The fraction of sp³-hybridized carbons (Fsp3) is 0.500. The maximum atomic E-state index is 14.7. The molecule has 5 heterocycles. The van der Waals surface area contributed by atoms with E-state index in [9.17, 15) is 22.8 Å². The normalized spacial score (nSPS) is 21.6. The summed E-state index contributed by atoms with van der Waals surface area (Å²) in [5.74, 6) is -0.865. The second-order valence-electron chi connectivity index (χ2n) is 16.6. The van der Waals surface area contributed by atoms with Crippen molar-refractivity contribution < 1.29 is 27.5 Å². The molecule has 4 aromatic rings. The summed E-state index contributed by atoms with van der Waals surface area (Å²) >= 11 is 0. The van der Waals surface area contributed by atoms with Crippen LogP contribution >= 0.6 is 0 Å². The van der Waals surface area contributed by atoms with Crippen LogP contribution in [0.2, 0.25) is 0 Å². The predicted molar refractivity (Wildman–Crippen MR) is 208 cm³/mol. The fourth-order valence-corrected chi connectivity index (χ4v) is 8.22. The van der Waals surface area contributed by atoms with E-state index < -0.39 is 36.2 Å². The molecular weight excluding hydrogens is 708 g/mol. The Morgan fingerprint density at radius 2 is 1.76 bits per heavy atom. The number of piperazine rings is 1. The average molecular weight is 760 g/mol. The van der Waals surface area contributed by atoms with Crippen LogP contribution in [-0.2, 0) is 33.7 Å². The van der Waals surface area contributed by atoms with Crippen LogP contribution in [0.25, 0.3) is 33.3 Å². The summed E-state index contributed by atoms with van der Waals surface area (Å²) in [7, 11) is 2.08. The van der Waals surface area contributed by atoms with Gasteiger partial charge >= 0.3 is 12.1 Å². The minimum Gasteiger partial charge on any atom is -0.464 e. The number of alkyl halides is 3. The monoisotopic (exact) mass is 759 g/mol. The summed E-state index contributed by atoms with van der Waals surface area (Å²) in [6.45, 7) is 10.5. The van der Waals surface area contributed by atoms with Crippen molar-refractivity contribution in [2.75, 3.05) is 51.3 Å². The van der Waals surface area contributed by atoms with Crippen LogP contribution in [-0.4, -0.2) is 96.0 Å². The number of nitrogens with two attached hydrogens (primary N) is 1. The van der Waals surface area contributed by atoms with E-state index in [4.69, 9.17) is 15.5 Å². The largest absolute Gasteiger partial charge is 0.464 e. The molecule has 55 heavy (non-hydrogen) atoms. The summed E-state index contributed by atoms with van der Waals surface area (Å²) < 4.78 is 51.6. The van der Waals surface area contributed by atoms with Gasteiger partial charge in [0.25, 0.3) is 5.91 Å². The van der Waals surface area contributed by atoms with Crippen molar-refractivity contribution >= 4 is 28.5 Å². The first-order chi connectivity index (χ1) is 26.1. The molecule has 7 rings (SSSR count). The molecule has 3 aliphatic heterocycles. The second-order valence-corrected chi connectivity index (χ2v) is 16.6. The number of hydrazine groups is 1. The van der Waals surface area contributed by atoms with Gasteiger partial charge < -0.3 is 24.8 Å². The van der Waals surface area contributed by atoms with Gasteiger partial charge in [0, 0.05) is 54.6 Å². The van der Waals surface area contributed by atoms with Crippen LogP contribution in [0.1, 0.15) is 63.3 Å². The van der Waals surface area contributed by atoms with Crippen LogP contribution in [0.4, 0.5) is 18.9 Å². The second kappa shape index (κ2) is 15.2. The molecule has 2 saturated heterocycles. The molecule has 0 unspecified atom stereocenters. The number of rotatable bonds is 4. The molecule has 2 fully saturated rings. The molecule has 6 bridgehead atoms. The topological polar surface area (TPSA) is 109 Å². The Labute approximate surface area is 320 Å². The highest BCUT2D eigenvalue weighted by Gasteiger charge is 2.36. The predicted octanol–water partition coefficient (Wildman–Crippen LogP) is 6.30. The van der Waals surface area contributed by atoms with Crippen molar-refractivity contribution in [3.63, 3.8) is 0 Å². The Balaban J connectivity index is 1.45. The molecule has 3 aliphatic rings. The number of carbonyl (C=O) groups is 2. The lowest BCUT2D eigenvalue weighted by Crippen LogP contribution is -2.59. The standard InChI is InChI=1S/C42H52F3N7O3/c1-26(2)37-32(21-30(23-47-37)50-16-14-49(5)15-17-50)38-33-22-41(3,4)25-55-40(54)35-10-7-13-52(48-35)39(53)34(46)19-27-8-6-9-28(18-27)29-11-12-36(31(33)20-29)51(38)24-42(43,44)45/h6,8-9,11-12,18,20-21,23,26,34-35,48H,7,10,13-17,19,22,24-25,46H2,1-5H3/t34-,35-/m0/s1. The van der Waals surface area contributed by atoms with E-state index >= 15 is 0 Å². The highest BCUT2D eigenvalue weighted by molar-refractivity contribution is 5.96. The quantitative estimate of drug-likeness (QED) is 0.234. The highest BCUT2D eigenvalue weighted by atomic mass is 19.4. The lowest BCUT2D eigenvalue weighted by atomic mass is 9.83.